The van der Waals surface area contributed by atoms with Crippen LogP contribution in [0, 0.1) is 15.9 Å². The first-order chi connectivity index (χ1) is 9.38. The van der Waals surface area contributed by atoms with Crippen LogP contribution in [0.25, 0.3) is 0 Å². The molecule has 0 aliphatic rings. The number of rotatable bonds is 4. The van der Waals surface area contributed by atoms with Crippen LogP contribution in [-0.4, -0.2) is 4.92 Å². The smallest absolute Gasteiger partial charge is 0.258 e. The maximum atomic E-state index is 12.9. The Bertz CT molecular complexity index is 609. The van der Waals surface area contributed by atoms with Gasteiger partial charge in [0.25, 0.3) is 5.69 Å². The van der Waals surface area contributed by atoms with Crippen molar-refractivity contribution in [1.29, 1.82) is 0 Å². The first kappa shape index (κ1) is 14.5. The first-order valence-corrected chi connectivity index (χ1v) is 6.90. The van der Waals surface area contributed by atoms with E-state index in [1.807, 2.05) is 13.8 Å². The lowest BCUT2D eigenvalue weighted by atomic mass is 10.0. The Hall–Kier alpha value is -1.88. The average Bonchev–Trinajstić information content (AvgIpc) is 2.41. The van der Waals surface area contributed by atoms with Gasteiger partial charge in [0.05, 0.1) is 4.92 Å². The second-order valence-corrected chi connectivity index (χ2v) is 6.57. The van der Waals surface area contributed by atoms with Crippen molar-refractivity contribution in [2.24, 2.45) is 0 Å². The van der Waals surface area contributed by atoms with Crippen LogP contribution < -0.4 is 0 Å². The lowest BCUT2D eigenvalue weighted by Crippen LogP contribution is -2.11. The first-order valence-electron chi connectivity index (χ1n) is 6.08. The Balaban J connectivity index is 2.20. The third kappa shape index (κ3) is 3.36. The predicted molar refractivity (Wildman–Crippen MR) is 78.4 cm³/mol. The highest BCUT2D eigenvalue weighted by atomic mass is 32.2. The molecule has 2 aromatic carbocycles. The van der Waals surface area contributed by atoms with Gasteiger partial charge in [-0.05, 0) is 43.7 Å². The molecule has 5 heteroatoms. The summed E-state index contributed by atoms with van der Waals surface area (Å²) in [6, 6.07) is 12.8. The van der Waals surface area contributed by atoms with Crippen molar-refractivity contribution in [3.05, 3.63) is 70.0 Å². The molecule has 104 valence electrons. The van der Waals surface area contributed by atoms with Crippen molar-refractivity contribution in [1.82, 2.24) is 0 Å². The van der Waals surface area contributed by atoms with Gasteiger partial charge in [0, 0.05) is 21.8 Å². The standard InChI is InChI=1S/C15H14FNO2S/c1-15(2,20-14-9-5-12(16)6-10-14)11-3-7-13(8-4-11)17(18)19/h3-10H,1-2H3. The molecule has 0 saturated carbocycles. The molecule has 0 saturated heterocycles. The summed E-state index contributed by atoms with van der Waals surface area (Å²) in [6.07, 6.45) is 0. The maximum Gasteiger partial charge on any atom is 0.269 e. The third-order valence-corrected chi connectivity index (χ3v) is 4.21. The molecule has 20 heavy (non-hydrogen) atoms. The zero-order valence-electron chi connectivity index (χ0n) is 11.2. The van der Waals surface area contributed by atoms with Crippen molar-refractivity contribution in [3.8, 4) is 0 Å². The molecule has 0 amide bonds. The largest absolute Gasteiger partial charge is 0.269 e. The van der Waals surface area contributed by atoms with Gasteiger partial charge in [-0.1, -0.05) is 12.1 Å². The van der Waals surface area contributed by atoms with Crippen LogP contribution in [0.5, 0.6) is 0 Å². The van der Waals surface area contributed by atoms with E-state index in [1.165, 1.54) is 24.3 Å². The Morgan fingerprint density at radius 1 is 1.05 bits per heavy atom. The minimum absolute atomic E-state index is 0.0799. The molecule has 0 unspecified atom stereocenters. The minimum Gasteiger partial charge on any atom is -0.258 e. The van der Waals surface area contributed by atoms with Gasteiger partial charge >= 0.3 is 0 Å². The maximum absolute atomic E-state index is 12.9. The van der Waals surface area contributed by atoms with E-state index in [4.69, 9.17) is 0 Å². The van der Waals surface area contributed by atoms with Crippen molar-refractivity contribution in [2.75, 3.05) is 0 Å². The van der Waals surface area contributed by atoms with Gasteiger partial charge in [0.15, 0.2) is 0 Å². The SMILES string of the molecule is CC(C)(Sc1ccc(F)cc1)c1ccc([N+](=O)[O-])cc1. The summed E-state index contributed by atoms with van der Waals surface area (Å²) in [5.41, 5.74) is 1.06. The molecule has 2 rings (SSSR count). The molecule has 2 aromatic rings. The molecule has 0 radical (unpaired) electrons. The summed E-state index contributed by atoms with van der Waals surface area (Å²) >= 11 is 1.59. The Morgan fingerprint density at radius 2 is 1.60 bits per heavy atom. The fourth-order valence-corrected chi connectivity index (χ4v) is 2.96. The number of benzene rings is 2. The van der Waals surface area contributed by atoms with Crippen molar-refractivity contribution < 1.29 is 9.31 Å². The molecular weight excluding hydrogens is 277 g/mol. The van der Waals surface area contributed by atoms with Crippen molar-refractivity contribution in [2.45, 2.75) is 23.5 Å². The average molecular weight is 291 g/mol. The molecule has 3 nitrogen and oxygen atoms in total. The topological polar surface area (TPSA) is 43.1 Å². The van der Waals surface area contributed by atoms with Gasteiger partial charge in [-0.25, -0.2) is 4.39 Å². The predicted octanol–water partition coefficient (Wildman–Crippen LogP) is 4.76. The van der Waals surface area contributed by atoms with Crippen LogP contribution in [0.1, 0.15) is 19.4 Å². The molecule has 0 atom stereocenters. The number of thioether (sulfide) groups is 1. The van der Waals surface area contributed by atoms with Crippen LogP contribution in [-0.2, 0) is 4.75 Å². The fraction of sp³-hybridized carbons (Fsp3) is 0.200. The van der Waals surface area contributed by atoms with Crippen LogP contribution in [0.3, 0.4) is 0 Å². The van der Waals surface area contributed by atoms with Crippen molar-refractivity contribution >= 4 is 17.4 Å². The van der Waals surface area contributed by atoms with E-state index in [2.05, 4.69) is 0 Å². The van der Waals surface area contributed by atoms with Gasteiger partial charge in [-0.2, -0.15) is 0 Å². The van der Waals surface area contributed by atoms with Gasteiger partial charge in [0.2, 0.25) is 0 Å². The second-order valence-electron chi connectivity index (χ2n) is 4.87. The van der Waals surface area contributed by atoms with E-state index in [0.717, 1.165) is 10.5 Å². The summed E-state index contributed by atoms with van der Waals surface area (Å²) in [5, 5.41) is 10.6. The van der Waals surface area contributed by atoms with Crippen LogP contribution >= 0.6 is 11.8 Å². The van der Waals surface area contributed by atoms with Gasteiger partial charge in [-0.15, -0.1) is 11.8 Å². The number of halogens is 1. The van der Waals surface area contributed by atoms with E-state index in [1.54, 1.807) is 36.0 Å². The molecule has 0 bridgehead atoms. The van der Waals surface area contributed by atoms with Crippen molar-refractivity contribution in [3.63, 3.8) is 0 Å². The molecule has 0 fully saturated rings. The molecule has 0 aliphatic heterocycles. The van der Waals surface area contributed by atoms with Gasteiger partial charge in [0.1, 0.15) is 5.82 Å². The van der Waals surface area contributed by atoms with Crippen LogP contribution in [0.2, 0.25) is 0 Å². The molecular formula is C15H14FNO2S. The summed E-state index contributed by atoms with van der Waals surface area (Å²) < 4.78 is 12.6. The molecule has 0 aliphatic carbocycles. The fourth-order valence-electron chi connectivity index (χ4n) is 1.84. The second kappa shape index (κ2) is 5.63. The lowest BCUT2D eigenvalue weighted by Gasteiger charge is -2.24. The zero-order valence-corrected chi connectivity index (χ0v) is 12.0. The van der Waals surface area contributed by atoms with Crippen LogP contribution in [0.15, 0.2) is 53.4 Å². The normalized spacial score (nSPS) is 11.3. The van der Waals surface area contributed by atoms with Gasteiger partial charge in [-0.3, -0.25) is 10.1 Å². The summed E-state index contributed by atoms with van der Waals surface area (Å²) in [4.78, 5) is 11.2. The minimum atomic E-state index is -0.413. The van der Waals surface area contributed by atoms with E-state index in [0.29, 0.717) is 0 Å². The molecule has 0 aromatic heterocycles. The highest BCUT2D eigenvalue weighted by Gasteiger charge is 2.22. The molecule has 0 N–H and O–H groups in total. The summed E-state index contributed by atoms with van der Waals surface area (Å²) in [5.74, 6) is -0.262. The van der Waals surface area contributed by atoms with E-state index < -0.39 is 4.92 Å². The quantitative estimate of drug-likeness (QED) is 0.463. The number of nitro groups is 1. The highest BCUT2D eigenvalue weighted by Crippen LogP contribution is 2.41. The van der Waals surface area contributed by atoms with E-state index in [-0.39, 0.29) is 16.3 Å². The number of hydrogen-bond donors (Lipinski definition) is 0. The van der Waals surface area contributed by atoms with Crippen LogP contribution in [0.4, 0.5) is 10.1 Å². The monoisotopic (exact) mass is 291 g/mol. The summed E-state index contributed by atoms with van der Waals surface area (Å²) in [6.45, 7) is 4.06. The zero-order chi connectivity index (χ0) is 14.8. The number of nitrogens with zero attached hydrogens (tertiary/aromatic N) is 1. The number of hydrogen-bond acceptors (Lipinski definition) is 3. The third-order valence-electron chi connectivity index (χ3n) is 2.96. The Morgan fingerprint density at radius 3 is 2.10 bits per heavy atom. The van der Waals surface area contributed by atoms with E-state index >= 15 is 0 Å². The molecule has 0 heterocycles. The van der Waals surface area contributed by atoms with E-state index in [9.17, 15) is 14.5 Å². The number of nitro benzene ring substituents is 1. The summed E-state index contributed by atoms with van der Waals surface area (Å²) in [7, 11) is 0. The Labute approximate surface area is 121 Å². The van der Waals surface area contributed by atoms with Gasteiger partial charge < -0.3 is 0 Å². The lowest BCUT2D eigenvalue weighted by molar-refractivity contribution is -0.384. The molecule has 0 spiro atoms. The number of non-ortho nitro benzene ring substituents is 1. The Kier molecular flexibility index (Phi) is 4.09. The highest BCUT2D eigenvalue weighted by molar-refractivity contribution is 8.00.